The summed E-state index contributed by atoms with van der Waals surface area (Å²) in [5, 5.41) is 8.60. The largest absolute Gasteiger partial charge is 0.339 e. The molecule has 28 heavy (non-hydrogen) atoms. The van der Waals surface area contributed by atoms with Crippen LogP contribution in [-0.2, 0) is 22.6 Å². The van der Waals surface area contributed by atoms with Crippen molar-refractivity contribution < 1.29 is 9.59 Å². The Kier molecular flexibility index (Phi) is 5.15. The summed E-state index contributed by atoms with van der Waals surface area (Å²) in [4.78, 5) is 28.9. The summed E-state index contributed by atoms with van der Waals surface area (Å²) in [5.41, 5.74) is 1.17. The molecule has 0 spiro atoms. The number of fused-ring (bicyclic) bond motifs is 1. The maximum atomic E-state index is 12.9. The molecule has 1 fully saturated rings. The zero-order valence-corrected chi connectivity index (χ0v) is 16.5. The molecule has 1 unspecified atom stereocenters. The summed E-state index contributed by atoms with van der Waals surface area (Å²) < 4.78 is 2.14. The maximum Gasteiger partial charge on any atom is 0.242 e. The van der Waals surface area contributed by atoms with E-state index in [1.165, 1.54) is 5.56 Å². The molecule has 1 atom stereocenters. The van der Waals surface area contributed by atoms with Crippen molar-refractivity contribution in [2.45, 2.75) is 45.1 Å². The van der Waals surface area contributed by atoms with E-state index >= 15 is 0 Å². The van der Waals surface area contributed by atoms with Gasteiger partial charge in [0.2, 0.25) is 11.8 Å². The van der Waals surface area contributed by atoms with Crippen molar-refractivity contribution in [1.82, 2.24) is 24.6 Å². The zero-order valence-electron chi connectivity index (χ0n) is 16.5. The van der Waals surface area contributed by atoms with E-state index < -0.39 is 0 Å². The minimum Gasteiger partial charge on any atom is -0.339 e. The van der Waals surface area contributed by atoms with Gasteiger partial charge in [0.1, 0.15) is 11.6 Å². The molecule has 7 heteroatoms. The van der Waals surface area contributed by atoms with Crippen molar-refractivity contribution in [3.05, 3.63) is 47.5 Å². The Balaban J connectivity index is 1.37. The van der Waals surface area contributed by atoms with Crippen LogP contribution in [0.5, 0.6) is 0 Å². The maximum absolute atomic E-state index is 12.9. The van der Waals surface area contributed by atoms with Crippen LogP contribution in [0, 0.1) is 0 Å². The molecule has 1 aromatic heterocycles. The first-order chi connectivity index (χ1) is 13.5. The van der Waals surface area contributed by atoms with Gasteiger partial charge in [-0.15, -0.1) is 10.2 Å². The average molecular weight is 381 g/mol. The van der Waals surface area contributed by atoms with Crippen LogP contribution in [0.4, 0.5) is 0 Å². The predicted octanol–water partition coefficient (Wildman–Crippen LogP) is 1.80. The number of amides is 2. The highest BCUT2D eigenvalue weighted by Crippen LogP contribution is 2.28. The van der Waals surface area contributed by atoms with E-state index in [1.807, 2.05) is 23.1 Å². The van der Waals surface area contributed by atoms with Gasteiger partial charge in [0.05, 0.1) is 6.54 Å². The van der Waals surface area contributed by atoms with Gasteiger partial charge in [0, 0.05) is 50.9 Å². The van der Waals surface area contributed by atoms with Crippen LogP contribution in [-0.4, -0.2) is 62.6 Å². The van der Waals surface area contributed by atoms with Crippen molar-refractivity contribution in [3.8, 4) is 0 Å². The number of hydrogen-bond acceptors (Lipinski definition) is 4. The van der Waals surface area contributed by atoms with E-state index in [9.17, 15) is 9.59 Å². The van der Waals surface area contributed by atoms with Crippen molar-refractivity contribution >= 4 is 11.8 Å². The molecule has 4 rings (SSSR count). The Morgan fingerprint density at radius 2 is 1.93 bits per heavy atom. The van der Waals surface area contributed by atoms with Crippen LogP contribution in [0.15, 0.2) is 30.3 Å². The second kappa shape index (κ2) is 7.73. The van der Waals surface area contributed by atoms with E-state index in [0.717, 1.165) is 11.6 Å². The minimum atomic E-state index is 0.0203. The van der Waals surface area contributed by atoms with Gasteiger partial charge in [-0.3, -0.25) is 9.59 Å². The van der Waals surface area contributed by atoms with Crippen molar-refractivity contribution in [3.63, 3.8) is 0 Å². The number of carbonyl (C=O) groups is 2. The van der Waals surface area contributed by atoms with Gasteiger partial charge < -0.3 is 14.4 Å². The molecule has 7 nitrogen and oxygen atoms in total. The smallest absolute Gasteiger partial charge is 0.242 e. The number of aromatic nitrogens is 3. The van der Waals surface area contributed by atoms with Crippen LogP contribution in [0.3, 0.4) is 0 Å². The molecule has 0 saturated carbocycles. The summed E-state index contributed by atoms with van der Waals surface area (Å²) in [5.74, 6) is 2.49. The van der Waals surface area contributed by atoms with Crippen LogP contribution >= 0.6 is 0 Å². The van der Waals surface area contributed by atoms with Crippen molar-refractivity contribution in [2.24, 2.45) is 0 Å². The number of benzene rings is 1. The molecule has 0 bridgehead atoms. The Morgan fingerprint density at radius 1 is 1.14 bits per heavy atom. The normalized spacial score (nSPS) is 19.8. The Labute approximate surface area is 165 Å². The summed E-state index contributed by atoms with van der Waals surface area (Å²) >= 11 is 0. The van der Waals surface area contributed by atoms with Gasteiger partial charge in [0.25, 0.3) is 0 Å². The van der Waals surface area contributed by atoms with Gasteiger partial charge in [-0.05, 0) is 5.56 Å². The van der Waals surface area contributed by atoms with Gasteiger partial charge in [-0.2, -0.15) is 0 Å². The van der Waals surface area contributed by atoms with E-state index in [2.05, 4.69) is 40.7 Å². The Bertz CT molecular complexity index is 861. The third-order valence-corrected chi connectivity index (χ3v) is 5.74. The van der Waals surface area contributed by atoms with E-state index in [1.54, 1.807) is 4.90 Å². The lowest BCUT2D eigenvalue weighted by atomic mass is 9.99. The highest BCUT2D eigenvalue weighted by molar-refractivity contribution is 5.86. The van der Waals surface area contributed by atoms with Crippen LogP contribution in [0.1, 0.15) is 49.3 Å². The first kappa shape index (κ1) is 18.7. The third-order valence-electron chi connectivity index (χ3n) is 5.74. The second-order valence-electron chi connectivity index (χ2n) is 8.00. The van der Waals surface area contributed by atoms with Crippen LogP contribution in [0.25, 0.3) is 0 Å². The average Bonchev–Trinajstić information content (AvgIpc) is 3.19. The molecule has 2 amide bonds. The van der Waals surface area contributed by atoms with Crippen molar-refractivity contribution in [1.29, 1.82) is 0 Å². The molecule has 1 saturated heterocycles. The van der Waals surface area contributed by atoms with E-state index in [-0.39, 0.29) is 24.3 Å². The van der Waals surface area contributed by atoms with Crippen LogP contribution < -0.4 is 0 Å². The van der Waals surface area contributed by atoms with Gasteiger partial charge in [0.15, 0.2) is 0 Å². The first-order valence-corrected chi connectivity index (χ1v) is 10.1. The Morgan fingerprint density at radius 3 is 2.68 bits per heavy atom. The third kappa shape index (κ3) is 3.66. The fourth-order valence-electron chi connectivity index (χ4n) is 4.16. The molecule has 1 aromatic carbocycles. The zero-order chi connectivity index (χ0) is 19.7. The van der Waals surface area contributed by atoms with E-state index in [0.29, 0.717) is 44.9 Å². The van der Waals surface area contributed by atoms with Gasteiger partial charge >= 0.3 is 0 Å². The summed E-state index contributed by atoms with van der Waals surface area (Å²) in [6.45, 7) is 6.96. The quantitative estimate of drug-likeness (QED) is 0.810. The van der Waals surface area contributed by atoms with Gasteiger partial charge in [-0.25, -0.2) is 0 Å². The number of rotatable bonds is 4. The molecule has 0 N–H and O–H groups in total. The highest BCUT2D eigenvalue weighted by atomic mass is 16.2. The summed E-state index contributed by atoms with van der Waals surface area (Å²) in [6.07, 6.45) is 1.18. The lowest BCUT2D eigenvalue weighted by Gasteiger charge is -2.24. The van der Waals surface area contributed by atoms with Gasteiger partial charge in [-0.1, -0.05) is 44.2 Å². The molecular formula is C21H27N5O2. The van der Waals surface area contributed by atoms with E-state index in [4.69, 9.17) is 0 Å². The summed E-state index contributed by atoms with van der Waals surface area (Å²) in [7, 11) is 0. The minimum absolute atomic E-state index is 0.0203. The highest BCUT2D eigenvalue weighted by Gasteiger charge is 2.33. The molecular weight excluding hydrogens is 354 g/mol. The fraction of sp³-hybridized carbons (Fsp3) is 0.524. The molecule has 0 aliphatic carbocycles. The summed E-state index contributed by atoms with van der Waals surface area (Å²) in [6, 6.07) is 10.1. The lowest BCUT2D eigenvalue weighted by molar-refractivity contribution is -0.138. The second-order valence-corrected chi connectivity index (χ2v) is 8.00. The molecule has 2 aromatic rings. The lowest BCUT2D eigenvalue weighted by Crippen LogP contribution is -2.42. The number of likely N-dealkylation sites (tertiary alicyclic amines) is 1. The van der Waals surface area contributed by atoms with Crippen LogP contribution in [0.2, 0.25) is 0 Å². The Hall–Kier alpha value is -2.70. The number of hydrogen-bond donors (Lipinski definition) is 0. The number of nitrogens with zero attached hydrogens (tertiary/aromatic N) is 5. The monoisotopic (exact) mass is 381 g/mol. The topological polar surface area (TPSA) is 71.3 Å². The molecule has 148 valence electrons. The first-order valence-electron chi connectivity index (χ1n) is 10.1. The fourth-order valence-corrected chi connectivity index (χ4v) is 4.16. The molecule has 3 heterocycles. The molecule has 2 aliphatic heterocycles. The molecule has 2 aliphatic rings. The van der Waals surface area contributed by atoms with Crippen molar-refractivity contribution in [2.75, 3.05) is 26.2 Å². The SMILES string of the molecule is CC(C)c1nnc2n1CCN(C(=O)CN1CC(c3ccccc3)CC1=O)CC2. The number of carbonyl (C=O) groups excluding carboxylic acids is 2. The predicted molar refractivity (Wildman–Crippen MR) is 105 cm³/mol. The standard InChI is InChI=1S/C21H27N5O2/c1-15(2)21-23-22-18-8-9-24(10-11-26(18)21)20(28)14-25-13-17(12-19(25)27)16-6-4-3-5-7-16/h3-7,15,17H,8-14H2,1-2H3. The molecule has 0 radical (unpaired) electrons.